The van der Waals surface area contributed by atoms with Crippen LogP contribution in [0.25, 0.3) is 0 Å². The lowest BCUT2D eigenvalue weighted by Gasteiger charge is -2.18. The number of rotatable bonds is 40. The number of hydrogen-bond acceptors (Lipinski definition) is 12. The van der Waals surface area contributed by atoms with Crippen LogP contribution in [0.3, 0.4) is 0 Å². The number of nitrogens with one attached hydrogen (secondary N) is 6. The van der Waals surface area contributed by atoms with Gasteiger partial charge in [-0.1, -0.05) is 51.4 Å². The van der Waals surface area contributed by atoms with E-state index in [0.717, 1.165) is 51.4 Å². The van der Waals surface area contributed by atoms with Crippen LogP contribution in [0.4, 0.5) is 0 Å². The molecule has 0 fully saturated rings. The maximum absolute atomic E-state index is 12.6. The zero-order valence-corrected chi connectivity index (χ0v) is 36.5. The molecule has 0 spiro atoms. The third-order valence-corrected chi connectivity index (χ3v) is 10.1. The Kier molecular flexibility index (Phi) is 31.5. The van der Waals surface area contributed by atoms with E-state index in [2.05, 4.69) is 31.8 Å². The van der Waals surface area contributed by atoms with Crippen molar-refractivity contribution in [3.05, 3.63) is 0 Å². The monoisotopic (exact) mass is 914 g/mol. The van der Waals surface area contributed by atoms with Gasteiger partial charge in [-0.25, -0.2) is 19.2 Å². The van der Waals surface area contributed by atoms with Crippen LogP contribution in [0.5, 0.6) is 0 Å². The first-order valence-corrected chi connectivity index (χ1v) is 21.7. The quantitative estimate of drug-likeness (QED) is 0.0285. The minimum Gasteiger partial charge on any atom is -0.481 e. The van der Waals surface area contributed by atoms with E-state index in [4.69, 9.17) is 10.2 Å². The Labute approximate surface area is 372 Å². The van der Waals surface area contributed by atoms with E-state index >= 15 is 0 Å². The van der Waals surface area contributed by atoms with Gasteiger partial charge in [0, 0.05) is 45.1 Å². The van der Waals surface area contributed by atoms with Crippen LogP contribution in [-0.2, 0) is 52.7 Å². The Morgan fingerprint density at radius 2 is 0.625 bits per heavy atom. The molecule has 0 aliphatic rings. The van der Waals surface area contributed by atoms with Gasteiger partial charge in [-0.2, -0.15) is 0 Å². The fraction of sp³-hybridized carbons (Fsp3) is 0.725. The molecule has 0 radical (unpaired) electrons. The molecule has 0 bridgehead atoms. The van der Waals surface area contributed by atoms with Gasteiger partial charge in [0.2, 0.25) is 29.5 Å². The van der Waals surface area contributed by atoms with Gasteiger partial charge in [0.1, 0.15) is 24.2 Å². The third kappa shape index (κ3) is 30.3. The largest absolute Gasteiger partial charge is 0.481 e. The zero-order valence-electron chi connectivity index (χ0n) is 36.5. The highest BCUT2D eigenvalue weighted by Gasteiger charge is 2.27. The van der Waals surface area contributed by atoms with Crippen molar-refractivity contribution in [2.45, 2.75) is 178 Å². The summed E-state index contributed by atoms with van der Waals surface area (Å²) < 4.78 is 0. The number of carboxylic acids is 6. The van der Waals surface area contributed by atoms with Crippen molar-refractivity contribution >= 4 is 73.3 Å². The zero-order chi connectivity index (χ0) is 48.5. The number of hydrogen-bond donors (Lipinski definition) is 12. The van der Waals surface area contributed by atoms with Crippen molar-refractivity contribution in [2.75, 3.05) is 6.54 Å². The first-order chi connectivity index (χ1) is 30.3. The summed E-state index contributed by atoms with van der Waals surface area (Å²) in [6, 6.07) is -6.91. The number of aliphatic carboxylic acids is 6. The standard InChI is InChI=1S/C40H67BN6O17/c41-47-29(40(63)64)13-11-12-24-42-30(48)20-16-25(36(55)56)44-32(50)22-18-27(38(59)60)46-34(52)23-19-28(39(61)62)45-33(51)21-17-26(37(57)58)43-31(49)14-9-7-5-3-1-2-4-6-8-10-15-35(53)54/h25-29,47H,1-24,41H2,(H,42,48)(H,43,49)(H,44,50)(H,45,51)(H,46,52)(H,53,54)(H,55,56)(H,57,58)(H,59,60)(H,61,62)(H,63,64)/t25-,26-,27-,28-,29-/m0/s1. The number of carboxylic acid groups (broad SMARTS) is 6. The second kappa shape index (κ2) is 34.7. The van der Waals surface area contributed by atoms with Crippen molar-refractivity contribution in [1.29, 1.82) is 0 Å². The maximum atomic E-state index is 12.6. The molecule has 0 unspecified atom stereocenters. The van der Waals surface area contributed by atoms with E-state index < -0.39 is 128 Å². The van der Waals surface area contributed by atoms with Gasteiger partial charge < -0.3 is 62.5 Å². The smallest absolute Gasteiger partial charge is 0.326 e. The van der Waals surface area contributed by atoms with E-state index in [9.17, 15) is 73.2 Å². The Bertz CT molecular complexity index is 1550. The number of carbonyl (C=O) groups excluding carboxylic acids is 5. The van der Waals surface area contributed by atoms with Crippen molar-refractivity contribution in [2.24, 2.45) is 0 Å². The lowest BCUT2D eigenvalue weighted by molar-refractivity contribution is -0.144. The summed E-state index contributed by atoms with van der Waals surface area (Å²) in [7, 11) is 1.51. The van der Waals surface area contributed by atoms with Gasteiger partial charge in [0.15, 0.2) is 7.98 Å². The van der Waals surface area contributed by atoms with Gasteiger partial charge in [-0.05, 0) is 57.8 Å². The van der Waals surface area contributed by atoms with Crippen LogP contribution in [0.2, 0.25) is 0 Å². The highest BCUT2D eigenvalue weighted by Crippen LogP contribution is 2.13. The first kappa shape index (κ1) is 58.2. The third-order valence-electron chi connectivity index (χ3n) is 10.1. The Morgan fingerprint density at radius 1 is 0.328 bits per heavy atom. The SMILES string of the molecule is BN[C@@H](CCCCNC(=O)CC[C@H](NC(=O)CC[C@H](NC(=O)CC[C@H](NC(=O)CC[C@H](NC(=O)CCCCCCCCCCCCC(=O)O)C(=O)O)C(=O)O)C(=O)O)C(=O)O)C(=O)O. The van der Waals surface area contributed by atoms with Crippen LogP contribution in [0.15, 0.2) is 0 Å². The normalized spacial score (nSPS) is 13.2. The summed E-state index contributed by atoms with van der Waals surface area (Å²) in [6.07, 6.45) is 6.82. The molecule has 362 valence electrons. The average Bonchev–Trinajstić information content (AvgIpc) is 3.21. The fourth-order valence-corrected chi connectivity index (χ4v) is 6.35. The molecular weight excluding hydrogens is 847 g/mol. The second-order valence-electron chi connectivity index (χ2n) is 15.4. The summed E-state index contributed by atoms with van der Waals surface area (Å²) in [4.78, 5) is 131. The van der Waals surface area contributed by atoms with Gasteiger partial charge in [-0.15, -0.1) is 0 Å². The molecule has 23 nitrogen and oxygen atoms in total. The van der Waals surface area contributed by atoms with E-state index in [0.29, 0.717) is 32.1 Å². The van der Waals surface area contributed by atoms with E-state index in [-0.39, 0.29) is 38.6 Å². The summed E-state index contributed by atoms with van der Waals surface area (Å²) in [5, 5.41) is 70.0. The maximum Gasteiger partial charge on any atom is 0.326 e. The van der Waals surface area contributed by atoms with Crippen molar-refractivity contribution in [3.63, 3.8) is 0 Å². The molecule has 5 atom stereocenters. The van der Waals surface area contributed by atoms with E-state index in [1.54, 1.807) is 0 Å². The van der Waals surface area contributed by atoms with Crippen LogP contribution in [0, 0.1) is 0 Å². The molecule has 12 N–H and O–H groups in total. The lowest BCUT2D eigenvalue weighted by Crippen LogP contribution is -2.45. The number of unbranched alkanes of at least 4 members (excludes halogenated alkanes) is 10. The van der Waals surface area contributed by atoms with E-state index in [1.807, 2.05) is 0 Å². The molecule has 0 rings (SSSR count). The van der Waals surface area contributed by atoms with Crippen LogP contribution in [0.1, 0.15) is 148 Å². The highest BCUT2D eigenvalue weighted by molar-refractivity contribution is 6.06. The van der Waals surface area contributed by atoms with Crippen LogP contribution in [-0.4, -0.2) is 141 Å². The van der Waals surface area contributed by atoms with E-state index in [1.165, 1.54) is 7.98 Å². The molecular formula is C40H67BN6O17. The predicted octanol–water partition coefficient (Wildman–Crippen LogP) is 0.0280. The number of amides is 5. The van der Waals surface area contributed by atoms with Gasteiger partial charge in [-0.3, -0.25) is 33.6 Å². The molecule has 0 saturated carbocycles. The minimum atomic E-state index is -1.64. The lowest BCUT2D eigenvalue weighted by atomic mass is 10.0. The van der Waals surface area contributed by atoms with Crippen molar-refractivity contribution in [3.8, 4) is 0 Å². The topological polar surface area (TPSA) is 381 Å². The average molecular weight is 915 g/mol. The molecule has 0 aromatic carbocycles. The molecule has 0 aromatic heterocycles. The van der Waals surface area contributed by atoms with Crippen LogP contribution < -0.4 is 31.8 Å². The summed E-state index contributed by atoms with van der Waals surface area (Å²) in [5.41, 5.74) is 0. The minimum absolute atomic E-state index is 0.0755. The van der Waals surface area contributed by atoms with Gasteiger partial charge in [0.05, 0.1) is 6.04 Å². The first-order valence-electron chi connectivity index (χ1n) is 21.7. The summed E-state index contributed by atoms with van der Waals surface area (Å²) in [6.45, 7) is 0.219. The molecule has 64 heavy (non-hydrogen) atoms. The molecule has 24 heteroatoms. The van der Waals surface area contributed by atoms with Crippen molar-refractivity contribution in [1.82, 2.24) is 31.8 Å². The molecule has 0 aromatic rings. The summed E-state index contributed by atoms with van der Waals surface area (Å²) in [5.74, 6) is -11.5. The van der Waals surface area contributed by atoms with Gasteiger partial charge >= 0.3 is 35.8 Å². The highest BCUT2D eigenvalue weighted by atomic mass is 16.4. The molecule has 0 heterocycles. The molecule has 0 aliphatic heterocycles. The molecule has 5 amide bonds. The fourth-order valence-electron chi connectivity index (χ4n) is 6.35. The predicted molar refractivity (Wildman–Crippen MR) is 228 cm³/mol. The Hall–Kier alpha value is -5.81. The molecule has 0 aliphatic carbocycles. The summed E-state index contributed by atoms with van der Waals surface area (Å²) >= 11 is 0. The molecule has 0 saturated heterocycles. The van der Waals surface area contributed by atoms with Crippen LogP contribution >= 0.6 is 0 Å². The Balaban J connectivity index is 4.68. The van der Waals surface area contributed by atoms with Gasteiger partial charge in [0.25, 0.3) is 0 Å². The van der Waals surface area contributed by atoms with Crippen molar-refractivity contribution < 1.29 is 83.4 Å². The number of carbonyl (C=O) groups is 11. The second-order valence-corrected chi connectivity index (χ2v) is 15.4. The Morgan fingerprint density at radius 3 is 0.938 bits per heavy atom.